The third-order valence-electron chi connectivity index (χ3n) is 5.09. The van der Waals surface area contributed by atoms with Crippen molar-refractivity contribution < 1.29 is 9.18 Å². The predicted molar refractivity (Wildman–Crippen MR) is 80.3 cm³/mol. The molecule has 2 bridgehead atoms. The molecule has 0 spiro atoms. The molecule has 0 aromatic heterocycles. The van der Waals surface area contributed by atoms with Crippen molar-refractivity contribution in [2.45, 2.75) is 38.3 Å². The molecule has 2 saturated carbocycles. The minimum absolute atomic E-state index is 0.0163. The lowest BCUT2D eigenvalue weighted by atomic mass is 9.84. The van der Waals surface area contributed by atoms with E-state index in [0.29, 0.717) is 11.8 Å². The van der Waals surface area contributed by atoms with E-state index in [2.05, 4.69) is 5.32 Å². The lowest BCUT2D eigenvalue weighted by Crippen LogP contribution is -2.45. The Kier molecular flexibility index (Phi) is 3.93. The highest BCUT2D eigenvalue weighted by molar-refractivity contribution is 6.30. The number of carbonyl (C=O) groups excluding carboxylic acids is 1. The van der Waals surface area contributed by atoms with Crippen molar-refractivity contribution in [3.8, 4) is 0 Å². The van der Waals surface area contributed by atoms with Crippen LogP contribution in [0.4, 0.5) is 4.39 Å². The Balaban J connectivity index is 1.68. The van der Waals surface area contributed by atoms with Crippen LogP contribution in [0.3, 0.4) is 0 Å². The highest BCUT2D eigenvalue weighted by Crippen LogP contribution is 2.47. The summed E-state index contributed by atoms with van der Waals surface area (Å²) in [5, 5.41) is 3.07. The van der Waals surface area contributed by atoms with Crippen LogP contribution in [0.1, 0.15) is 37.8 Å². The van der Waals surface area contributed by atoms with Crippen LogP contribution < -0.4 is 11.1 Å². The van der Waals surface area contributed by atoms with Crippen molar-refractivity contribution in [3.05, 3.63) is 34.6 Å². The normalized spacial score (nSPS) is 32.2. The van der Waals surface area contributed by atoms with Gasteiger partial charge in [-0.15, -0.1) is 0 Å². The molecule has 3 nitrogen and oxygen atoms in total. The number of hydrogen-bond donors (Lipinski definition) is 2. The third-order valence-corrected chi connectivity index (χ3v) is 5.38. The largest absolute Gasteiger partial charge is 0.349 e. The van der Waals surface area contributed by atoms with E-state index in [1.54, 1.807) is 12.1 Å². The summed E-state index contributed by atoms with van der Waals surface area (Å²) in [7, 11) is 0. The average molecular weight is 311 g/mol. The van der Waals surface area contributed by atoms with Gasteiger partial charge in [-0.2, -0.15) is 0 Å². The summed E-state index contributed by atoms with van der Waals surface area (Å²) in [4.78, 5) is 12.5. The Morgan fingerprint density at radius 3 is 2.76 bits per heavy atom. The van der Waals surface area contributed by atoms with Crippen LogP contribution in [0.2, 0.25) is 5.02 Å². The summed E-state index contributed by atoms with van der Waals surface area (Å²) in [5.74, 6) is 0.411. The fraction of sp³-hybridized carbons (Fsp3) is 0.562. The van der Waals surface area contributed by atoms with Gasteiger partial charge in [-0.25, -0.2) is 4.39 Å². The summed E-state index contributed by atoms with van der Waals surface area (Å²) in [6.45, 7) is 1.88. The predicted octanol–water partition coefficient (Wildman–Crippen LogP) is 3.03. The first kappa shape index (κ1) is 14.8. The molecule has 0 saturated heterocycles. The Bertz CT molecular complexity index is 563. The number of nitrogens with one attached hydrogen (secondary N) is 1. The van der Waals surface area contributed by atoms with Gasteiger partial charge >= 0.3 is 0 Å². The van der Waals surface area contributed by atoms with Crippen LogP contribution in [0.15, 0.2) is 18.2 Å². The van der Waals surface area contributed by atoms with E-state index < -0.39 is 5.82 Å². The molecule has 1 amide bonds. The highest BCUT2D eigenvalue weighted by atomic mass is 35.5. The van der Waals surface area contributed by atoms with E-state index in [-0.39, 0.29) is 28.9 Å². The van der Waals surface area contributed by atoms with Crippen molar-refractivity contribution in [3.63, 3.8) is 0 Å². The fourth-order valence-electron chi connectivity index (χ4n) is 3.90. The molecule has 1 aromatic rings. The zero-order valence-electron chi connectivity index (χ0n) is 12.0. The van der Waals surface area contributed by atoms with Crippen LogP contribution in [-0.4, -0.2) is 11.9 Å². The Morgan fingerprint density at radius 2 is 2.14 bits per heavy atom. The van der Waals surface area contributed by atoms with Gasteiger partial charge < -0.3 is 11.1 Å². The summed E-state index contributed by atoms with van der Waals surface area (Å²) in [6.07, 6.45) is 3.34. The van der Waals surface area contributed by atoms with Crippen molar-refractivity contribution in [2.75, 3.05) is 0 Å². The number of hydrogen-bond acceptors (Lipinski definition) is 2. The second-order valence-electron chi connectivity index (χ2n) is 6.34. The zero-order chi connectivity index (χ0) is 15.1. The lowest BCUT2D eigenvalue weighted by molar-refractivity contribution is -0.127. The van der Waals surface area contributed by atoms with Crippen molar-refractivity contribution >= 4 is 17.5 Å². The molecule has 2 fully saturated rings. The Morgan fingerprint density at radius 1 is 1.43 bits per heavy atom. The standard InChI is InChI=1S/C16H20ClFN2O/c1-8(9-4-5-13(18)12(17)7-9)20-16(21)14-10-2-3-11(6-10)15(14)19/h4-5,7-8,10-11,14-15H,2-3,6,19H2,1H3,(H,20,21). The minimum atomic E-state index is -0.450. The van der Waals surface area contributed by atoms with Gasteiger partial charge in [0, 0.05) is 6.04 Å². The van der Waals surface area contributed by atoms with Crippen LogP contribution in [0, 0.1) is 23.6 Å². The van der Waals surface area contributed by atoms with Crippen molar-refractivity contribution in [2.24, 2.45) is 23.5 Å². The number of rotatable bonds is 3. The fourth-order valence-corrected chi connectivity index (χ4v) is 4.09. The SMILES string of the molecule is CC(NC(=O)C1C2CCC(C2)C1N)c1ccc(F)c(Cl)c1. The van der Waals surface area contributed by atoms with Crippen molar-refractivity contribution in [1.29, 1.82) is 0 Å². The number of amides is 1. The Hall–Kier alpha value is -1.13. The monoisotopic (exact) mass is 310 g/mol. The molecule has 1 aromatic carbocycles. The maximum Gasteiger partial charge on any atom is 0.225 e. The minimum Gasteiger partial charge on any atom is -0.349 e. The molecule has 114 valence electrons. The highest BCUT2D eigenvalue weighted by Gasteiger charge is 2.49. The molecule has 0 radical (unpaired) electrons. The molecule has 3 rings (SSSR count). The summed E-state index contributed by atoms with van der Waals surface area (Å²) in [5.41, 5.74) is 6.99. The van der Waals surface area contributed by atoms with Crippen LogP contribution >= 0.6 is 11.6 Å². The molecule has 21 heavy (non-hydrogen) atoms. The van der Waals surface area contributed by atoms with E-state index in [0.717, 1.165) is 24.8 Å². The van der Waals surface area contributed by atoms with Gasteiger partial charge in [0.2, 0.25) is 5.91 Å². The molecular weight excluding hydrogens is 291 g/mol. The van der Waals surface area contributed by atoms with E-state index in [4.69, 9.17) is 17.3 Å². The van der Waals surface area contributed by atoms with Gasteiger partial charge in [0.25, 0.3) is 0 Å². The van der Waals surface area contributed by atoms with Gasteiger partial charge in [0.1, 0.15) is 5.82 Å². The molecule has 5 heteroatoms. The number of fused-ring (bicyclic) bond motifs is 2. The van der Waals surface area contributed by atoms with E-state index in [1.807, 2.05) is 6.92 Å². The van der Waals surface area contributed by atoms with Crippen LogP contribution in [0.5, 0.6) is 0 Å². The van der Waals surface area contributed by atoms with Gasteiger partial charge in [-0.05, 0) is 55.7 Å². The van der Waals surface area contributed by atoms with Crippen molar-refractivity contribution in [1.82, 2.24) is 5.32 Å². The molecule has 0 aliphatic heterocycles. The first-order chi connectivity index (χ1) is 9.97. The zero-order valence-corrected chi connectivity index (χ0v) is 12.7. The number of benzene rings is 1. The molecule has 0 heterocycles. The van der Waals surface area contributed by atoms with Gasteiger partial charge in [-0.1, -0.05) is 17.7 Å². The van der Waals surface area contributed by atoms with Gasteiger partial charge in [0.05, 0.1) is 17.0 Å². The van der Waals surface area contributed by atoms with E-state index >= 15 is 0 Å². The second-order valence-corrected chi connectivity index (χ2v) is 6.75. The number of halogens is 2. The maximum absolute atomic E-state index is 13.2. The molecule has 2 aliphatic rings. The van der Waals surface area contributed by atoms with E-state index in [1.165, 1.54) is 6.07 Å². The molecular formula is C16H20ClFN2O. The summed E-state index contributed by atoms with van der Waals surface area (Å²) in [6, 6.07) is 4.30. The summed E-state index contributed by atoms with van der Waals surface area (Å²) < 4.78 is 13.2. The van der Waals surface area contributed by atoms with E-state index in [9.17, 15) is 9.18 Å². The molecule has 3 N–H and O–H groups in total. The van der Waals surface area contributed by atoms with Crippen LogP contribution in [0.25, 0.3) is 0 Å². The topological polar surface area (TPSA) is 55.1 Å². The smallest absolute Gasteiger partial charge is 0.225 e. The second kappa shape index (κ2) is 5.58. The third kappa shape index (κ3) is 2.67. The number of nitrogens with two attached hydrogens (primary N) is 1. The van der Waals surface area contributed by atoms with Gasteiger partial charge in [0.15, 0.2) is 0 Å². The molecule has 5 unspecified atom stereocenters. The first-order valence-electron chi connectivity index (χ1n) is 7.48. The first-order valence-corrected chi connectivity index (χ1v) is 7.86. The molecule has 2 aliphatic carbocycles. The van der Waals surface area contributed by atoms with Gasteiger partial charge in [-0.3, -0.25) is 4.79 Å². The maximum atomic E-state index is 13.2. The number of carbonyl (C=O) groups is 1. The quantitative estimate of drug-likeness (QED) is 0.901. The Labute approximate surface area is 129 Å². The average Bonchev–Trinajstić information content (AvgIpc) is 3.02. The molecule has 5 atom stereocenters. The summed E-state index contributed by atoms with van der Waals surface area (Å²) >= 11 is 5.79. The lowest BCUT2D eigenvalue weighted by Gasteiger charge is -2.28. The van der Waals surface area contributed by atoms with Crippen LogP contribution in [-0.2, 0) is 4.79 Å².